The molecule has 1 amide bonds. The van der Waals surface area contributed by atoms with Gasteiger partial charge in [-0.3, -0.25) is 4.79 Å². The van der Waals surface area contributed by atoms with Crippen LogP contribution in [0.5, 0.6) is 0 Å². The summed E-state index contributed by atoms with van der Waals surface area (Å²) in [6.07, 6.45) is 1.44. The number of carbonyl (C=O) groups excluding carboxylic acids is 1. The number of hydrogen-bond acceptors (Lipinski definition) is 3. The first-order valence-corrected chi connectivity index (χ1v) is 6.79. The molecular formula is C15H14ClN3O. The Bertz CT molecular complexity index is 678. The Kier molecular flexibility index (Phi) is 4.54. The maximum absolute atomic E-state index is 12.1. The molecule has 1 heterocycles. The molecule has 1 unspecified atom stereocenters. The second kappa shape index (κ2) is 6.36. The van der Waals surface area contributed by atoms with Crippen molar-refractivity contribution in [2.45, 2.75) is 25.8 Å². The third kappa shape index (κ3) is 3.06. The summed E-state index contributed by atoms with van der Waals surface area (Å²) in [5, 5.41) is 13.6. The smallest absolute Gasteiger partial charge is 0.270 e. The largest absolute Gasteiger partial charge is 0.335 e. The molecule has 20 heavy (non-hydrogen) atoms. The summed E-state index contributed by atoms with van der Waals surface area (Å²) in [6.45, 7) is 1.96. The highest BCUT2D eigenvalue weighted by atomic mass is 35.5. The van der Waals surface area contributed by atoms with Gasteiger partial charge in [0.15, 0.2) is 0 Å². The minimum absolute atomic E-state index is 0.227. The van der Waals surface area contributed by atoms with Crippen LogP contribution < -0.4 is 5.32 Å². The summed E-state index contributed by atoms with van der Waals surface area (Å²) >= 11 is 6.08. The van der Waals surface area contributed by atoms with E-state index in [-0.39, 0.29) is 16.8 Å². The number of nitrogens with one attached hydrogen (secondary N) is 1. The van der Waals surface area contributed by atoms with Gasteiger partial charge in [0.2, 0.25) is 0 Å². The minimum atomic E-state index is -0.500. The Morgan fingerprint density at radius 1 is 1.50 bits per heavy atom. The van der Waals surface area contributed by atoms with E-state index in [0.29, 0.717) is 6.42 Å². The second-order valence-corrected chi connectivity index (χ2v) is 4.82. The fourth-order valence-electron chi connectivity index (χ4n) is 1.96. The maximum atomic E-state index is 12.1. The molecule has 0 aliphatic heterocycles. The predicted molar refractivity (Wildman–Crippen MR) is 78.5 cm³/mol. The van der Waals surface area contributed by atoms with Crippen LogP contribution in [0.15, 0.2) is 30.3 Å². The van der Waals surface area contributed by atoms with E-state index in [1.165, 1.54) is 0 Å². The number of nitrogens with zero attached hydrogens (tertiary/aromatic N) is 2. The van der Waals surface area contributed by atoms with Gasteiger partial charge in [0.25, 0.3) is 5.91 Å². The molecule has 0 bridgehead atoms. The summed E-state index contributed by atoms with van der Waals surface area (Å²) in [5.41, 5.74) is 0.227. The number of aromatic nitrogens is 1. The molecule has 2 aromatic rings. The molecule has 0 saturated heterocycles. The molecule has 1 atom stereocenters. The first-order valence-electron chi connectivity index (χ1n) is 6.41. The summed E-state index contributed by atoms with van der Waals surface area (Å²) in [7, 11) is 0. The number of halogens is 1. The highest BCUT2D eigenvalue weighted by Crippen LogP contribution is 2.22. The number of carbonyl (C=O) groups is 1. The predicted octanol–water partition coefficient (Wildman–Crippen LogP) is 3.31. The molecule has 0 spiro atoms. The Morgan fingerprint density at radius 3 is 2.95 bits per heavy atom. The van der Waals surface area contributed by atoms with Crippen LogP contribution in [-0.2, 0) is 0 Å². The van der Waals surface area contributed by atoms with E-state index in [1.807, 2.05) is 31.2 Å². The Hall–Kier alpha value is -2.12. The van der Waals surface area contributed by atoms with Gasteiger partial charge in [0, 0.05) is 5.39 Å². The van der Waals surface area contributed by atoms with E-state index in [0.717, 1.165) is 17.2 Å². The molecule has 0 radical (unpaired) electrons. The van der Waals surface area contributed by atoms with Gasteiger partial charge < -0.3 is 5.32 Å². The van der Waals surface area contributed by atoms with Gasteiger partial charge in [-0.05, 0) is 17.9 Å². The van der Waals surface area contributed by atoms with Crippen LogP contribution >= 0.6 is 11.6 Å². The number of rotatable bonds is 4. The van der Waals surface area contributed by atoms with Crippen LogP contribution in [0, 0.1) is 11.3 Å². The molecule has 2 rings (SSSR count). The van der Waals surface area contributed by atoms with Gasteiger partial charge in [-0.1, -0.05) is 49.2 Å². The molecular weight excluding hydrogens is 274 g/mol. The molecule has 1 aromatic carbocycles. The van der Waals surface area contributed by atoms with Crippen LogP contribution in [0.3, 0.4) is 0 Å². The first-order chi connectivity index (χ1) is 9.65. The quantitative estimate of drug-likeness (QED) is 0.877. The van der Waals surface area contributed by atoms with Crippen LogP contribution in [0.25, 0.3) is 10.8 Å². The lowest BCUT2D eigenvalue weighted by Crippen LogP contribution is -2.34. The molecule has 102 valence electrons. The number of benzene rings is 1. The lowest BCUT2D eigenvalue weighted by Gasteiger charge is -2.10. The van der Waals surface area contributed by atoms with Gasteiger partial charge in [0.1, 0.15) is 16.9 Å². The number of hydrogen-bond donors (Lipinski definition) is 1. The Labute approximate surface area is 122 Å². The van der Waals surface area contributed by atoms with Gasteiger partial charge in [-0.15, -0.1) is 0 Å². The lowest BCUT2D eigenvalue weighted by molar-refractivity contribution is 0.0939. The van der Waals surface area contributed by atoms with Crippen molar-refractivity contribution in [2.24, 2.45) is 0 Å². The molecule has 0 aliphatic carbocycles. The average molecular weight is 288 g/mol. The first kappa shape index (κ1) is 14.3. The zero-order chi connectivity index (χ0) is 14.5. The minimum Gasteiger partial charge on any atom is -0.335 e. The SMILES string of the molecule is CCCC(C#N)NC(=O)c1cc2ccccc2c(Cl)n1. The third-order valence-electron chi connectivity index (χ3n) is 2.97. The van der Waals surface area contributed by atoms with E-state index in [1.54, 1.807) is 6.07 Å². The van der Waals surface area contributed by atoms with Crippen molar-refractivity contribution >= 4 is 28.3 Å². The van der Waals surface area contributed by atoms with Gasteiger partial charge in [0.05, 0.1) is 6.07 Å². The van der Waals surface area contributed by atoms with E-state index in [2.05, 4.69) is 16.4 Å². The van der Waals surface area contributed by atoms with Gasteiger partial charge >= 0.3 is 0 Å². The molecule has 1 aromatic heterocycles. The molecule has 5 heteroatoms. The Balaban J connectivity index is 2.29. The van der Waals surface area contributed by atoms with Gasteiger partial charge in [-0.2, -0.15) is 5.26 Å². The summed E-state index contributed by atoms with van der Waals surface area (Å²) < 4.78 is 0. The second-order valence-electron chi connectivity index (χ2n) is 4.46. The zero-order valence-electron chi connectivity index (χ0n) is 11.1. The topological polar surface area (TPSA) is 65.8 Å². The normalized spacial score (nSPS) is 11.8. The van der Waals surface area contributed by atoms with Crippen LogP contribution in [0.1, 0.15) is 30.3 Å². The van der Waals surface area contributed by atoms with Crippen molar-refractivity contribution in [3.63, 3.8) is 0 Å². The van der Waals surface area contributed by atoms with Crippen molar-refractivity contribution in [1.82, 2.24) is 10.3 Å². The molecule has 0 fully saturated rings. The molecule has 4 nitrogen and oxygen atoms in total. The third-order valence-corrected chi connectivity index (χ3v) is 3.25. The van der Waals surface area contributed by atoms with E-state index < -0.39 is 6.04 Å². The van der Waals surface area contributed by atoms with E-state index in [4.69, 9.17) is 16.9 Å². The standard InChI is InChI=1S/C15H14ClN3O/c1-2-5-11(9-17)18-15(20)13-8-10-6-3-4-7-12(10)14(16)19-13/h3-4,6-8,11H,2,5H2,1H3,(H,18,20). The van der Waals surface area contributed by atoms with Crippen LogP contribution in [0.4, 0.5) is 0 Å². The highest BCUT2D eigenvalue weighted by molar-refractivity contribution is 6.34. The lowest BCUT2D eigenvalue weighted by atomic mass is 10.1. The van der Waals surface area contributed by atoms with Crippen LogP contribution in [-0.4, -0.2) is 16.9 Å². The molecule has 0 aliphatic rings. The van der Waals surface area contributed by atoms with Crippen molar-refractivity contribution in [3.05, 3.63) is 41.2 Å². The molecule has 0 saturated carbocycles. The van der Waals surface area contributed by atoms with E-state index in [9.17, 15) is 4.79 Å². The molecule has 1 N–H and O–H groups in total. The summed E-state index contributed by atoms with van der Waals surface area (Å²) in [6, 6.07) is 10.7. The van der Waals surface area contributed by atoms with Gasteiger partial charge in [-0.25, -0.2) is 4.98 Å². The monoisotopic (exact) mass is 287 g/mol. The zero-order valence-corrected chi connectivity index (χ0v) is 11.8. The fourth-order valence-corrected chi connectivity index (χ4v) is 2.23. The summed E-state index contributed by atoms with van der Waals surface area (Å²) in [4.78, 5) is 16.2. The number of pyridine rings is 1. The van der Waals surface area contributed by atoms with Crippen molar-refractivity contribution in [1.29, 1.82) is 5.26 Å². The maximum Gasteiger partial charge on any atom is 0.270 e. The number of amides is 1. The number of fused-ring (bicyclic) bond motifs is 1. The average Bonchev–Trinajstić information content (AvgIpc) is 2.46. The van der Waals surface area contributed by atoms with Crippen molar-refractivity contribution in [3.8, 4) is 6.07 Å². The fraction of sp³-hybridized carbons (Fsp3) is 0.267. The number of nitriles is 1. The Morgan fingerprint density at radius 2 is 2.25 bits per heavy atom. The van der Waals surface area contributed by atoms with Crippen molar-refractivity contribution < 1.29 is 4.79 Å². The summed E-state index contributed by atoms with van der Waals surface area (Å²) in [5.74, 6) is -0.377. The van der Waals surface area contributed by atoms with E-state index >= 15 is 0 Å². The highest BCUT2D eigenvalue weighted by Gasteiger charge is 2.15. The van der Waals surface area contributed by atoms with Crippen LogP contribution in [0.2, 0.25) is 5.15 Å². The van der Waals surface area contributed by atoms with Crippen molar-refractivity contribution in [2.75, 3.05) is 0 Å².